The highest BCUT2D eigenvalue weighted by molar-refractivity contribution is 5.81. The van der Waals surface area contributed by atoms with E-state index in [-0.39, 0.29) is 0 Å². The Morgan fingerprint density at radius 1 is 0.868 bits per heavy atom. The van der Waals surface area contributed by atoms with Gasteiger partial charge in [-0.15, -0.1) is 0 Å². The molecule has 0 N–H and O–H groups in total. The second-order valence-electron chi connectivity index (χ2n) is 12.9. The normalized spacial score (nSPS) is 26.1. The van der Waals surface area contributed by atoms with Crippen LogP contribution in [0, 0.1) is 17.3 Å². The number of rotatable bonds is 5. The van der Waals surface area contributed by atoms with E-state index in [0.29, 0.717) is 23.2 Å². The minimum absolute atomic E-state index is 0.342. The zero-order chi connectivity index (χ0) is 26.6. The van der Waals surface area contributed by atoms with Crippen LogP contribution < -0.4 is 0 Å². The largest absolute Gasteiger partial charge is 0.0950 e. The molecule has 0 spiro atoms. The predicted molar refractivity (Wildman–Crippen MR) is 163 cm³/mol. The van der Waals surface area contributed by atoms with Crippen LogP contribution in [-0.4, -0.2) is 0 Å². The zero-order valence-corrected chi connectivity index (χ0v) is 23.7. The minimum Gasteiger partial charge on any atom is -0.0950 e. The van der Waals surface area contributed by atoms with Gasteiger partial charge in [-0.3, -0.25) is 0 Å². The van der Waals surface area contributed by atoms with Crippen molar-refractivity contribution in [3.8, 4) is 0 Å². The number of fused-ring (bicyclic) bond motifs is 2. The lowest BCUT2D eigenvalue weighted by Crippen LogP contribution is -2.21. The standard InChI is InChI=1S/C38H42/c1-7-31-33(29-18-24(2)25(3)28(20-29)19-27-12-9-8-10-13-27)14-11-15-34(31)32-16-17-35-36(26(32)4)21-30-22-38(5,6)23-37(30)35/h8-15,18,20-21,24,32,35H,3-4,7,16-17,19,22-23H2,1-2,5-6H3. The Bertz CT molecular complexity index is 1430. The molecule has 6 rings (SSSR count). The fourth-order valence-corrected chi connectivity index (χ4v) is 7.72. The molecular weight excluding hydrogens is 456 g/mol. The van der Waals surface area contributed by atoms with Crippen LogP contribution in [0.25, 0.3) is 5.57 Å². The van der Waals surface area contributed by atoms with Gasteiger partial charge in [0.15, 0.2) is 0 Å². The maximum absolute atomic E-state index is 4.74. The first kappa shape index (κ1) is 25.2. The minimum atomic E-state index is 0.342. The third-order valence-electron chi connectivity index (χ3n) is 9.62. The molecule has 0 bridgehead atoms. The van der Waals surface area contributed by atoms with Crippen molar-refractivity contribution < 1.29 is 0 Å². The summed E-state index contributed by atoms with van der Waals surface area (Å²) < 4.78 is 0. The van der Waals surface area contributed by atoms with E-state index in [1.807, 2.05) is 0 Å². The SMILES string of the molecule is C=C1C(Cc2ccccc2)=CC(c2cccc(C3CCC4C(=CC5=C4CC(C)(C)C5)C3=C)c2CC)=CC1C. The Balaban J connectivity index is 1.33. The van der Waals surface area contributed by atoms with Crippen LogP contribution in [0.4, 0.5) is 0 Å². The van der Waals surface area contributed by atoms with Gasteiger partial charge in [-0.2, -0.15) is 0 Å². The molecular formula is C38H42. The first-order chi connectivity index (χ1) is 18.3. The van der Waals surface area contributed by atoms with Gasteiger partial charge in [-0.1, -0.05) is 113 Å². The van der Waals surface area contributed by atoms with Gasteiger partial charge in [0.25, 0.3) is 0 Å². The molecule has 0 heteroatoms. The van der Waals surface area contributed by atoms with Crippen LogP contribution in [0.5, 0.6) is 0 Å². The van der Waals surface area contributed by atoms with Gasteiger partial charge in [-0.25, -0.2) is 0 Å². The monoisotopic (exact) mass is 498 g/mol. The first-order valence-corrected chi connectivity index (χ1v) is 14.7. The van der Waals surface area contributed by atoms with Crippen molar-refractivity contribution in [2.45, 2.75) is 72.1 Å². The summed E-state index contributed by atoms with van der Waals surface area (Å²) in [5.41, 5.74) is 16.4. The molecule has 0 radical (unpaired) electrons. The zero-order valence-electron chi connectivity index (χ0n) is 23.7. The van der Waals surface area contributed by atoms with Crippen molar-refractivity contribution >= 4 is 5.57 Å². The van der Waals surface area contributed by atoms with Crippen molar-refractivity contribution in [3.05, 3.63) is 136 Å². The summed E-state index contributed by atoms with van der Waals surface area (Å²) in [6, 6.07) is 17.8. The highest BCUT2D eigenvalue weighted by Gasteiger charge is 2.42. The highest BCUT2D eigenvalue weighted by Crippen LogP contribution is 2.57. The van der Waals surface area contributed by atoms with Gasteiger partial charge < -0.3 is 0 Å². The Hall–Kier alpha value is -3.12. The number of hydrogen-bond acceptors (Lipinski definition) is 0. The molecule has 2 aromatic carbocycles. The summed E-state index contributed by atoms with van der Waals surface area (Å²) in [5, 5.41) is 0. The summed E-state index contributed by atoms with van der Waals surface area (Å²) in [4.78, 5) is 0. The van der Waals surface area contributed by atoms with Crippen LogP contribution in [-0.2, 0) is 12.8 Å². The molecule has 0 amide bonds. The molecule has 3 unspecified atom stereocenters. The van der Waals surface area contributed by atoms with E-state index in [1.54, 1.807) is 16.7 Å². The highest BCUT2D eigenvalue weighted by atomic mass is 14.5. The Morgan fingerprint density at radius 2 is 1.63 bits per heavy atom. The van der Waals surface area contributed by atoms with E-state index >= 15 is 0 Å². The molecule has 4 aliphatic carbocycles. The van der Waals surface area contributed by atoms with E-state index in [0.717, 1.165) is 12.8 Å². The van der Waals surface area contributed by atoms with Crippen LogP contribution in [0.3, 0.4) is 0 Å². The molecule has 0 saturated heterocycles. The average molecular weight is 499 g/mol. The van der Waals surface area contributed by atoms with Gasteiger partial charge in [0.2, 0.25) is 0 Å². The van der Waals surface area contributed by atoms with Crippen molar-refractivity contribution in [1.82, 2.24) is 0 Å². The van der Waals surface area contributed by atoms with Crippen LogP contribution in [0.1, 0.15) is 81.5 Å². The summed E-state index contributed by atoms with van der Waals surface area (Å²) in [6.45, 7) is 18.7. The van der Waals surface area contributed by atoms with Crippen LogP contribution >= 0.6 is 0 Å². The molecule has 1 fully saturated rings. The number of allylic oxidation sites excluding steroid dienone is 10. The summed E-state index contributed by atoms with van der Waals surface area (Å²) in [6.07, 6.45) is 14.3. The average Bonchev–Trinajstić information content (AvgIpc) is 3.39. The summed E-state index contributed by atoms with van der Waals surface area (Å²) >= 11 is 0. The van der Waals surface area contributed by atoms with Gasteiger partial charge in [0, 0.05) is 11.8 Å². The van der Waals surface area contributed by atoms with E-state index in [9.17, 15) is 0 Å². The maximum Gasteiger partial charge on any atom is 0.00897 e. The van der Waals surface area contributed by atoms with E-state index in [1.165, 1.54) is 70.2 Å². The molecule has 1 saturated carbocycles. The van der Waals surface area contributed by atoms with Crippen molar-refractivity contribution in [3.63, 3.8) is 0 Å². The van der Waals surface area contributed by atoms with Crippen LogP contribution in [0.15, 0.2) is 113 Å². The predicted octanol–water partition coefficient (Wildman–Crippen LogP) is 10.1. The molecule has 194 valence electrons. The van der Waals surface area contributed by atoms with Crippen molar-refractivity contribution in [2.75, 3.05) is 0 Å². The van der Waals surface area contributed by atoms with Crippen molar-refractivity contribution in [2.24, 2.45) is 17.3 Å². The number of benzene rings is 2. The molecule has 3 atom stereocenters. The topological polar surface area (TPSA) is 0 Å². The molecule has 0 aliphatic heterocycles. The first-order valence-electron chi connectivity index (χ1n) is 14.7. The molecule has 0 nitrogen and oxygen atoms in total. The second-order valence-corrected chi connectivity index (χ2v) is 12.9. The molecule has 0 heterocycles. The van der Waals surface area contributed by atoms with E-state index in [4.69, 9.17) is 6.58 Å². The quantitative estimate of drug-likeness (QED) is 0.385. The molecule has 2 aromatic rings. The Morgan fingerprint density at radius 3 is 2.39 bits per heavy atom. The number of hydrogen-bond donors (Lipinski definition) is 0. The van der Waals surface area contributed by atoms with Crippen LogP contribution in [0.2, 0.25) is 0 Å². The van der Waals surface area contributed by atoms with Crippen molar-refractivity contribution in [1.29, 1.82) is 0 Å². The van der Waals surface area contributed by atoms with Gasteiger partial charge in [-0.05, 0) is 106 Å². The molecule has 0 aromatic heterocycles. The van der Waals surface area contributed by atoms with Gasteiger partial charge in [0.1, 0.15) is 0 Å². The molecule has 38 heavy (non-hydrogen) atoms. The fraction of sp³-hybridized carbons (Fsp3) is 0.368. The maximum atomic E-state index is 4.74. The molecule has 4 aliphatic rings. The fourth-order valence-electron chi connectivity index (χ4n) is 7.72. The van der Waals surface area contributed by atoms with E-state index < -0.39 is 0 Å². The lowest BCUT2D eigenvalue weighted by Gasteiger charge is -2.35. The third-order valence-corrected chi connectivity index (χ3v) is 9.62. The Labute approximate surface area is 230 Å². The van der Waals surface area contributed by atoms with Gasteiger partial charge in [0.05, 0.1) is 0 Å². The third kappa shape index (κ3) is 4.33. The summed E-state index contributed by atoms with van der Waals surface area (Å²) in [5.74, 6) is 1.39. The van der Waals surface area contributed by atoms with Gasteiger partial charge >= 0.3 is 0 Å². The second kappa shape index (κ2) is 9.57. The smallest absolute Gasteiger partial charge is 0.00897 e. The van der Waals surface area contributed by atoms with E-state index in [2.05, 4.69) is 101 Å². The Kier molecular flexibility index (Phi) is 6.34. The lowest BCUT2D eigenvalue weighted by molar-refractivity contribution is 0.374. The summed E-state index contributed by atoms with van der Waals surface area (Å²) in [7, 11) is 0. The lowest BCUT2D eigenvalue weighted by atomic mass is 9.69.